The monoisotopic (exact) mass is 400 g/mol. The molecule has 1 atom stereocenters. The van der Waals surface area contributed by atoms with Gasteiger partial charge in [0.2, 0.25) is 0 Å². The Kier molecular flexibility index (Phi) is 5.89. The molecule has 1 saturated heterocycles. The third kappa shape index (κ3) is 4.96. The number of nitrogens with one attached hydrogen (secondary N) is 1. The number of imide groups is 1. The number of hydrogen-bond acceptors (Lipinski definition) is 7. The van der Waals surface area contributed by atoms with Crippen molar-refractivity contribution in [3.05, 3.63) is 65.2 Å². The van der Waals surface area contributed by atoms with Gasteiger partial charge >= 0.3 is 12.1 Å². The van der Waals surface area contributed by atoms with Gasteiger partial charge < -0.3 is 19.9 Å². The fourth-order valence-electron chi connectivity index (χ4n) is 2.57. The van der Waals surface area contributed by atoms with Crippen LogP contribution in [0.3, 0.4) is 0 Å². The van der Waals surface area contributed by atoms with Crippen molar-refractivity contribution in [3.8, 4) is 11.5 Å². The minimum absolute atomic E-state index is 0.0596. The van der Waals surface area contributed by atoms with E-state index in [0.29, 0.717) is 12.2 Å². The van der Waals surface area contributed by atoms with Gasteiger partial charge in [-0.05, 0) is 42.3 Å². The van der Waals surface area contributed by atoms with Gasteiger partial charge in [-0.15, -0.1) is 0 Å². The molecule has 1 aliphatic rings. The van der Waals surface area contributed by atoms with Crippen molar-refractivity contribution < 1.29 is 33.0 Å². The maximum absolute atomic E-state index is 14.3. The lowest BCUT2D eigenvalue weighted by molar-refractivity contribution is -0.142. The number of carbonyl (C=O) groups excluding carboxylic acids is 3. The second kappa shape index (κ2) is 8.53. The van der Waals surface area contributed by atoms with Crippen LogP contribution in [0.1, 0.15) is 11.1 Å². The second-order valence-corrected chi connectivity index (χ2v) is 6.12. The number of rotatable bonds is 6. The van der Waals surface area contributed by atoms with Crippen LogP contribution in [-0.2, 0) is 25.5 Å². The lowest BCUT2D eigenvalue weighted by atomic mass is 10.1. The van der Waals surface area contributed by atoms with Gasteiger partial charge in [-0.1, -0.05) is 12.1 Å². The predicted molar refractivity (Wildman–Crippen MR) is 99.2 cm³/mol. The van der Waals surface area contributed by atoms with E-state index >= 15 is 0 Å². The second-order valence-electron chi connectivity index (χ2n) is 6.12. The molecule has 0 bridgehead atoms. The molecule has 0 aromatic heterocycles. The first-order valence-electron chi connectivity index (χ1n) is 8.50. The average Bonchev–Trinajstić information content (AvgIpc) is 3.01. The van der Waals surface area contributed by atoms with E-state index in [4.69, 9.17) is 10.5 Å². The molecule has 2 aromatic rings. The van der Waals surface area contributed by atoms with Crippen molar-refractivity contribution in [2.75, 3.05) is 7.11 Å². The van der Waals surface area contributed by atoms with Crippen LogP contribution in [0.2, 0.25) is 0 Å². The lowest BCUT2D eigenvalue weighted by Crippen LogP contribution is -2.33. The third-order valence-electron chi connectivity index (χ3n) is 4.02. The quantitative estimate of drug-likeness (QED) is 0.564. The van der Waals surface area contributed by atoms with Gasteiger partial charge in [-0.3, -0.25) is 14.9 Å². The van der Waals surface area contributed by atoms with Crippen LogP contribution in [0.25, 0.3) is 6.08 Å². The van der Waals surface area contributed by atoms with Crippen LogP contribution in [0.4, 0.5) is 9.18 Å². The Morgan fingerprint density at radius 3 is 2.48 bits per heavy atom. The average molecular weight is 400 g/mol. The first kappa shape index (κ1) is 20.0. The number of hydrogen-bond donors (Lipinski definition) is 2. The normalized spacial score (nSPS) is 15.6. The van der Waals surface area contributed by atoms with Crippen molar-refractivity contribution in [2.45, 2.75) is 12.5 Å². The maximum atomic E-state index is 14.3. The molecule has 0 saturated carbocycles. The topological polar surface area (TPSA) is 117 Å². The Morgan fingerprint density at radius 2 is 1.90 bits per heavy atom. The molecule has 150 valence electrons. The fraction of sp³-hybridized carbons (Fsp3) is 0.150. The standard InChI is InChI=1S/C20H17FN2O6/c1-27-19(25)16(22)8-11-2-5-13(6-3-11)28-14-7-4-12(15(21)10-14)9-17-18(24)23-20(26)29-17/h2-7,9-10,16H,8,22H2,1H3,(H,23,24,26)/b17-9+. The molecular formula is C20H17FN2O6. The molecule has 1 heterocycles. The number of alkyl carbamates (subject to hydrolysis) is 1. The summed E-state index contributed by atoms with van der Waals surface area (Å²) in [7, 11) is 1.27. The summed E-state index contributed by atoms with van der Waals surface area (Å²) in [6.07, 6.45) is 0.527. The predicted octanol–water partition coefficient (Wildman–Crippen LogP) is 2.27. The molecule has 2 aromatic carbocycles. The highest BCUT2D eigenvalue weighted by Gasteiger charge is 2.26. The number of halogens is 1. The number of nitrogens with two attached hydrogens (primary N) is 1. The minimum Gasteiger partial charge on any atom is -0.468 e. The van der Waals surface area contributed by atoms with Crippen LogP contribution >= 0.6 is 0 Å². The summed E-state index contributed by atoms with van der Waals surface area (Å²) in [6, 6.07) is 10.1. The van der Waals surface area contributed by atoms with E-state index < -0.39 is 29.8 Å². The van der Waals surface area contributed by atoms with Crippen LogP contribution < -0.4 is 15.8 Å². The zero-order valence-corrected chi connectivity index (χ0v) is 15.3. The zero-order chi connectivity index (χ0) is 21.0. The highest BCUT2D eigenvalue weighted by atomic mass is 19.1. The summed E-state index contributed by atoms with van der Waals surface area (Å²) in [5.41, 5.74) is 6.59. The molecule has 0 spiro atoms. The SMILES string of the molecule is COC(=O)C(N)Cc1ccc(Oc2ccc(/C=C3/OC(=O)NC3=O)c(F)c2)cc1. The third-order valence-corrected chi connectivity index (χ3v) is 4.02. The number of esters is 1. The van der Waals surface area contributed by atoms with E-state index in [2.05, 4.69) is 9.47 Å². The van der Waals surface area contributed by atoms with E-state index in [1.807, 2.05) is 5.32 Å². The number of ether oxygens (including phenoxy) is 3. The summed E-state index contributed by atoms with van der Waals surface area (Å²) < 4.78 is 29.1. The van der Waals surface area contributed by atoms with Crippen molar-refractivity contribution in [3.63, 3.8) is 0 Å². The molecule has 9 heteroatoms. The van der Waals surface area contributed by atoms with E-state index in [1.54, 1.807) is 24.3 Å². The van der Waals surface area contributed by atoms with Crippen molar-refractivity contribution in [2.24, 2.45) is 5.73 Å². The van der Waals surface area contributed by atoms with E-state index in [0.717, 1.165) is 17.7 Å². The molecule has 1 aliphatic heterocycles. The number of methoxy groups -OCH3 is 1. The maximum Gasteiger partial charge on any atom is 0.419 e. The molecule has 2 amide bonds. The Hall–Kier alpha value is -3.72. The Labute approximate surface area is 165 Å². The van der Waals surface area contributed by atoms with Gasteiger partial charge in [0.1, 0.15) is 23.4 Å². The number of benzene rings is 2. The minimum atomic E-state index is -0.905. The van der Waals surface area contributed by atoms with E-state index in [-0.39, 0.29) is 17.1 Å². The summed E-state index contributed by atoms with van der Waals surface area (Å²) in [5, 5.41) is 1.93. The lowest BCUT2D eigenvalue weighted by Gasteiger charge is -2.10. The number of cyclic esters (lactones) is 1. The van der Waals surface area contributed by atoms with Gasteiger partial charge in [-0.25, -0.2) is 9.18 Å². The summed E-state index contributed by atoms with van der Waals surface area (Å²) >= 11 is 0. The smallest absolute Gasteiger partial charge is 0.419 e. The fourth-order valence-corrected chi connectivity index (χ4v) is 2.57. The first-order chi connectivity index (χ1) is 13.9. The molecule has 0 aliphatic carbocycles. The Morgan fingerprint density at radius 1 is 1.21 bits per heavy atom. The molecule has 0 radical (unpaired) electrons. The molecule has 3 N–H and O–H groups in total. The molecule has 1 unspecified atom stereocenters. The van der Waals surface area contributed by atoms with Gasteiger partial charge in [0.25, 0.3) is 5.91 Å². The van der Waals surface area contributed by atoms with Crippen molar-refractivity contribution in [1.29, 1.82) is 0 Å². The van der Waals surface area contributed by atoms with Gasteiger partial charge in [0, 0.05) is 11.6 Å². The largest absolute Gasteiger partial charge is 0.468 e. The van der Waals surface area contributed by atoms with Crippen LogP contribution in [-0.4, -0.2) is 31.1 Å². The highest BCUT2D eigenvalue weighted by Crippen LogP contribution is 2.25. The summed E-state index contributed by atoms with van der Waals surface area (Å²) in [4.78, 5) is 33.8. The molecule has 1 fully saturated rings. The van der Waals surface area contributed by atoms with Gasteiger partial charge in [0.15, 0.2) is 5.76 Å². The summed E-state index contributed by atoms with van der Waals surface area (Å²) in [6.45, 7) is 0. The van der Waals surface area contributed by atoms with Crippen LogP contribution in [0.5, 0.6) is 11.5 Å². The van der Waals surface area contributed by atoms with Crippen LogP contribution in [0.15, 0.2) is 48.2 Å². The Bertz CT molecular complexity index is 987. The van der Waals surface area contributed by atoms with E-state index in [1.165, 1.54) is 19.2 Å². The van der Waals surface area contributed by atoms with E-state index in [9.17, 15) is 18.8 Å². The first-order valence-corrected chi connectivity index (χ1v) is 8.50. The molecule has 8 nitrogen and oxygen atoms in total. The molecule has 29 heavy (non-hydrogen) atoms. The number of carbonyl (C=O) groups is 3. The zero-order valence-electron chi connectivity index (χ0n) is 15.3. The molecular weight excluding hydrogens is 383 g/mol. The van der Waals surface area contributed by atoms with Crippen molar-refractivity contribution in [1.82, 2.24) is 5.32 Å². The Balaban J connectivity index is 1.67. The summed E-state index contributed by atoms with van der Waals surface area (Å²) in [5.74, 6) is -1.50. The molecule has 3 rings (SSSR count). The van der Waals surface area contributed by atoms with Gasteiger partial charge in [-0.2, -0.15) is 0 Å². The van der Waals surface area contributed by atoms with Crippen molar-refractivity contribution >= 4 is 24.0 Å². The highest BCUT2D eigenvalue weighted by molar-refractivity contribution is 6.09. The number of amides is 2. The van der Waals surface area contributed by atoms with Crippen LogP contribution in [0, 0.1) is 5.82 Å². The van der Waals surface area contributed by atoms with Gasteiger partial charge in [0.05, 0.1) is 7.11 Å².